The maximum atomic E-state index is 5.69. The van der Waals surface area contributed by atoms with Crippen molar-refractivity contribution in [1.82, 2.24) is 10.6 Å². The third-order valence-corrected chi connectivity index (χ3v) is 6.01. The lowest BCUT2D eigenvalue weighted by Gasteiger charge is -2.39. The van der Waals surface area contributed by atoms with Crippen LogP contribution in [0.2, 0.25) is 0 Å². The highest BCUT2D eigenvalue weighted by molar-refractivity contribution is 14.0. The molecule has 7 heteroatoms. The van der Waals surface area contributed by atoms with Crippen molar-refractivity contribution >= 4 is 29.9 Å². The molecular formula is C25H36IN3O3. The van der Waals surface area contributed by atoms with Gasteiger partial charge in [0, 0.05) is 43.3 Å². The minimum absolute atomic E-state index is 0. The van der Waals surface area contributed by atoms with E-state index >= 15 is 0 Å². The van der Waals surface area contributed by atoms with Crippen LogP contribution in [0.5, 0.6) is 11.5 Å². The number of hydrogen-bond donors (Lipinski definition) is 2. The molecule has 32 heavy (non-hydrogen) atoms. The summed E-state index contributed by atoms with van der Waals surface area (Å²) in [5, 5.41) is 6.98. The Morgan fingerprint density at radius 3 is 2.47 bits per heavy atom. The van der Waals surface area contributed by atoms with E-state index < -0.39 is 0 Å². The van der Waals surface area contributed by atoms with Gasteiger partial charge in [0.05, 0.1) is 20.8 Å². The predicted molar refractivity (Wildman–Crippen MR) is 141 cm³/mol. The smallest absolute Gasteiger partial charge is 0.191 e. The molecule has 0 unspecified atom stereocenters. The van der Waals surface area contributed by atoms with Gasteiger partial charge in [0.1, 0.15) is 11.5 Å². The van der Waals surface area contributed by atoms with Crippen molar-refractivity contribution in [2.75, 3.05) is 40.5 Å². The molecule has 2 aromatic rings. The molecule has 0 atom stereocenters. The van der Waals surface area contributed by atoms with Crippen molar-refractivity contribution in [3.8, 4) is 11.5 Å². The molecule has 1 fully saturated rings. The van der Waals surface area contributed by atoms with Crippen LogP contribution in [0.15, 0.2) is 47.5 Å². The number of nitrogens with one attached hydrogen (secondary N) is 2. The average molecular weight is 553 g/mol. The molecule has 3 rings (SSSR count). The number of methoxy groups -OCH3 is 2. The summed E-state index contributed by atoms with van der Waals surface area (Å²) in [4.78, 5) is 4.82. The Bertz CT molecular complexity index is 882. The van der Waals surface area contributed by atoms with Gasteiger partial charge < -0.3 is 24.8 Å². The predicted octanol–water partition coefficient (Wildman–Crippen LogP) is 4.43. The lowest BCUT2D eigenvalue weighted by molar-refractivity contribution is 0.0512. The Hall–Kier alpha value is -2.00. The van der Waals surface area contributed by atoms with Gasteiger partial charge in [0.15, 0.2) is 5.96 Å². The number of nitrogens with zero attached hydrogens (tertiary/aromatic N) is 1. The molecule has 0 aromatic heterocycles. The zero-order valence-electron chi connectivity index (χ0n) is 19.6. The first-order valence-corrected chi connectivity index (χ1v) is 11.0. The lowest BCUT2D eigenvalue weighted by Crippen LogP contribution is -2.48. The Morgan fingerprint density at radius 1 is 1.06 bits per heavy atom. The SMILES string of the molecule is CCNC(=NCc1ccc(OC)cc1OC)NCC1(c2ccccc2C)CCOCC1.I. The van der Waals surface area contributed by atoms with Gasteiger partial charge in [0.25, 0.3) is 0 Å². The summed E-state index contributed by atoms with van der Waals surface area (Å²) in [6.07, 6.45) is 1.99. The van der Waals surface area contributed by atoms with Crippen molar-refractivity contribution in [2.45, 2.75) is 38.6 Å². The fourth-order valence-electron chi connectivity index (χ4n) is 4.21. The second-order valence-electron chi connectivity index (χ2n) is 7.93. The minimum Gasteiger partial charge on any atom is -0.497 e. The largest absolute Gasteiger partial charge is 0.497 e. The maximum Gasteiger partial charge on any atom is 0.191 e. The monoisotopic (exact) mass is 553 g/mol. The molecule has 0 aliphatic carbocycles. The summed E-state index contributed by atoms with van der Waals surface area (Å²) >= 11 is 0. The summed E-state index contributed by atoms with van der Waals surface area (Å²) < 4.78 is 16.5. The van der Waals surface area contributed by atoms with E-state index in [-0.39, 0.29) is 29.4 Å². The summed E-state index contributed by atoms with van der Waals surface area (Å²) in [6, 6.07) is 14.5. The number of aryl methyl sites for hydroxylation is 1. The molecule has 2 N–H and O–H groups in total. The fourth-order valence-corrected chi connectivity index (χ4v) is 4.21. The first kappa shape index (κ1) is 26.3. The summed E-state index contributed by atoms with van der Waals surface area (Å²) in [5.74, 6) is 2.36. The van der Waals surface area contributed by atoms with Gasteiger partial charge in [-0.1, -0.05) is 24.3 Å². The second-order valence-corrected chi connectivity index (χ2v) is 7.93. The summed E-state index contributed by atoms with van der Waals surface area (Å²) in [5.41, 5.74) is 3.78. The molecule has 176 valence electrons. The van der Waals surface area contributed by atoms with Crippen molar-refractivity contribution in [3.63, 3.8) is 0 Å². The Labute approximate surface area is 209 Å². The van der Waals surface area contributed by atoms with Gasteiger partial charge in [-0.3, -0.25) is 0 Å². The molecule has 1 saturated heterocycles. The lowest BCUT2D eigenvalue weighted by atomic mass is 9.72. The molecule has 1 aliphatic heterocycles. The molecular weight excluding hydrogens is 517 g/mol. The van der Waals surface area contributed by atoms with Gasteiger partial charge >= 0.3 is 0 Å². The van der Waals surface area contributed by atoms with Gasteiger partial charge in [-0.25, -0.2) is 4.99 Å². The molecule has 0 saturated carbocycles. The van der Waals surface area contributed by atoms with Crippen molar-refractivity contribution in [3.05, 3.63) is 59.2 Å². The zero-order chi connectivity index (χ0) is 22.1. The van der Waals surface area contributed by atoms with E-state index in [1.807, 2.05) is 18.2 Å². The highest BCUT2D eigenvalue weighted by Gasteiger charge is 2.35. The van der Waals surface area contributed by atoms with E-state index in [1.54, 1.807) is 14.2 Å². The standard InChI is InChI=1S/C25H35N3O3.HI/c1-5-26-24(27-17-20-10-11-21(29-3)16-23(20)30-4)28-18-25(12-14-31-15-13-25)22-9-7-6-8-19(22)2;/h6-11,16H,5,12-15,17-18H2,1-4H3,(H2,26,27,28);1H. The van der Waals surface area contributed by atoms with Crippen molar-refractivity contribution < 1.29 is 14.2 Å². The minimum atomic E-state index is 0. The van der Waals surface area contributed by atoms with E-state index in [4.69, 9.17) is 19.2 Å². The van der Waals surface area contributed by atoms with Crippen molar-refractivity contribution in [1.29, 1.82) is 0 Å². The number of benzene rings is 2. The van der Waals surface area contributed by atoms with Gasteiger partial charge in [-0.05, 0) is 49.9 Å². The highest BCUT2D eigenvalue weighted by Crippen LogP contribution is 2.36. The quantitative estimate of drug-likeness (QED) is 0.288. The van der Waals surface area contributed by atoms with E-state index in [2.05, 4.69) is 48.7 Å². The highest BCUT2D eigenvalue weighted by atomic mass is 127. The number of guanidine groups is 1. The van der Waals surface area contributed by atoms with Gasteiger partial charge in [0.2, 0.25) is 0 Å². The van der Waals surface area contributed by atoms with Crippen LogP contribution in [-0.4, -0.2) is 46.5 Å². The van der Waals surface area contributed by atoms with Crippen LogP contribution >= 0.6 is 24.0 Å². The molecule has 2 aromatic carbocycles. The van der Waals surface area contributed by atoms with Crippen molar-refractivity contribution in [2.24, 2.45) is 4.99 Å². The van der Waals surface area contributed by atoms with Crippen LogP contribution < -0.4 is 20.1 Å². The third kappa shape index (κ3) is 6.51. The number of hydrogen-bond acceptors (Lipinski definition) is 4. The van der Waals surface area contributed by atoms with E-state index in [0.29, 0.717) is 6.54 Å². The Morgan fingerprint density at radius 2 is 1.81 bits per heavy atom. The van der Waals surface area contributed by atoms with E-state index in [1.165, 1.54) is 11.1 Å². The molecule has 6 nitrogen and oxygen atoms in total. The molecule has 1 aliphatic rings. The average Bonchev–Trinajstić information content (AvgIpc) is 2.81. The van der Waals surface area contributed by atoms with E-state index in [0.717, 1.165) is 62.2 Å². The number of halogens is 1. The third-order valence-electron chi connectivity index (χ3n) is 6.01. The van der Waals surface area contributed by atoms with E-state index in [9.17, 15) is 0 Å². The molecule has 0 amide bonds. The number of rotatable bonds is 8. The number of ether oxygens (including phenoxy) is 3. The molecule has 0 radical (unpaired) electrons. The first-order chi connectivity index (χ1) is 15.1. The van der Waals surface area contributed by atoms with Crippen LogP contribution in [0, 0.1) is 6.92 Å². The van der Waals surface area contributed by atoms with Crippen LogP contribution in [0.25, 0.3) is 0 Å². The second kappa shape index (κ2) is 12.9. The summed E-state index contributed by atoms with van der Waals surface area (Å²) in [6.45, 7) is 7.97. The number of aliphatic imine (C=N–C) groups is 1. The molecule has 1 heterocycles. The van der Waals surface area contributed by atoms with Gasteiger partial charge in [-0.2, -0.15) is 0 Å². The fraction of sp³-hybridized carbons (Fsp3) is 0.480. The molecule has 0 spiro atoms. The van der Waals surface area contributed by atoms with Gasteiger partial charge in [-0.15, -0.1) is 24.0 Å². The zero-order valence-corrected chi connectivity index (χ0v) is 21.9. The molecule has 0 bridgehead atoms. The summed E-state index contributed by atoms with van der Waals surface area (Å²) in [7, 11) is 3.32. The normalized spacial score (nSPS) is 15.4. The van der Waals surface area contributed by atoms with Crippen LogP contribution in [0.1, 0.15) is 36.5 Å². The van der Waals surface area contributed by atoms with Crippen LogP contribution in [-0.2, 0) is 16.7 Å². The van der Waals surface area contributed by atoms with Crippen LogP contribution in [0.3, 0.4) is 0 Å². The maximum absolute atomic E-state index is 5.69. The first-order valence-electron chi connectivity index (χ1n) is 11.0. The topological polar surface area (TPSA) is 64.1 Å². The van der Waals surface area contributed by atoms with Crippen LogP contribution in [0.4, 0.5) is 0 Å². The Balaban J connectivity index is 0.00000363. The Kier molecular flexibility index (Phi) is 10.6.